The van der Waals surface area contributed by atoms with Gasteiger partial charge in [-0.05, 0) is 25.1 Å². The average molecular weight is 517 g/mol. The summed E-state index contributed by atoms with van der Waals surface area (Å²) in [7, 11) is -3.02. The molecule has 3 rings (SSSR count). The molecule has 12 nitrogen and oxygen atoms in total. The molecule has 0 spiro atoms. The maximum atomic E-state index is 13.6. The van der Waals surface area contributed by atoms with Gasteiger partial charge in [-0.15, -0.1) is 11.6 Å². The summed E-state index contributed by atoms with van der Waals surface area (Å²) in [6, 6.07) is 8.53. The fraction of sp³-hybridized carbons (Fsp3) is 0.450. The molecule has 5 atom stereocenters. The number of carbonyl (C=O) groups is 1. The van der Waals surface area contributed by atoms with Crippen molar-refractivity contribution in [2.45, 2.75) is 37.3 Å². The summed E-state index contributed by atoms with van der Waals surface area (Å²) in [5.41, 5.74) is 3.31. The fourth-order valence-electron chi connectivity index (χ4n) is 3.28. The van der Waals surface area contributed by atoms with E-state index in [0.717, 1.165) is 4.57 Å². The number of methoxy groups -OCH3 is 1. The summed E-state index contributed by atoms with van der Waals surface area (Å²) in [5, 5.41) is 13.2. The van der Waals surface area contributed by atoms with Crippen molar-refractivity contribution >= 4 is 31.1 Å². The van der Waals surface area contributed by atoms with Crippen LogP contribution in [0.2, 0.25) is 0 Å². The molecule has 1 aliphatic rings. The summed E-state index contributed by atoms with van der Waals surface area (Å²) in [5.74, 6) is -0.711. The van der Waals surface area contributed by atoms with E-state index in [1.54, 1.807) is 30.3 Å². The first-order valence-corrected chi connectivity index (χ1v) is 12.3. The number of nitrogens with zero attached hydrogens (tertiary/aromatic N) is 2. The molecule has 1 aromatic carbocycles. The number of para-hydroxylation sites is 1. The summed E-state index contributed by atoms with van der Waals surface area (Å²) >= 11 is 6.13. The van der Waals surface area contributed by atoms with E-state index in [1.807, 2.05) is 0 Å². The summed E-state index contributed by atoms with van der Waals surface area (Å²) in [6.45, 7) is 0.932. The zero-order chi connectivity index (χ0) is 24.9. The van der Waals surface area contributed by atoms with Crippen LogP contribution in [0.15, 0.2) is 47.4 Å². The molecule has 0 bridgehead atoms. The van der Waals surface area contributed by atoms with Crippen molar-refractivity contribution in [1.29, 1.82) is 0 Å². The van der Waals surface area contributed by atoms with Crippen LogP contribution in [0, 0.1) is 0 Å². The van der Waals surface area contributed by atoms with Gasteiger partial charge in [0.1, 0.15) is 29.4 Å². The Bertz CT molecular complexity index is 1100. The van der Waals surface area contributed by atoms with Crippen LogP contribution in [0.1, 0.15) is 19.6 Å². The lowest BCUT2D eigenvalue weighted by Crippen LogP contribution is -2.46. The number of ether oxygens (including phenoxy) is 2. The van der Waals surface area contributed by atoms with Gasteiger partial charge >= 0.3 is 19.4 Å². The van der Waals surface area contributed by atoms with Gasteiger partial charge in [-0.1, -0.05) is 18.2 Å². The molecule has 34 heavy (non-hydrogen) atoms. The molecule has 14 heteroatoms. The van der Waals surface area contributed by atoms with E-state index < -0.39 is 50.0 Å². The van der Waals surface area contributed by atoms with E-state index in [-0.39, 0.29) is 23.9 Å². The molecule has 0 amide bonds. The maximum Gasteiger partial charge on any atom is 0.459 e. The summed E-state index contributed by atoms with van der Waals surface area (Å²) < 4.78 is 36.4. The molecule has 1 aliphatic heterocycles. The van der Waals surface area contributed by atoms with E-state index in [4.69, 9.17) is 31.1 Å². The normalized spacial score (nSPS) is 24.8. The van der Waals surface area contributed by atoms with Crippen LogP contribution in [0.4, 0.5) is 5.82 Å². The van der Waals surface area contributed by atoms with Gasteiger partial charge in [0.05, 0.1) is 25.7 Å². The number of carbonyl (C=O) groups excluding carboxylic acids is 1. The first-order chi connectivity index (χ1) is 16.1. The number of hydrogen-bond acceptors (Lipinski definition) is 10. The van der Waals surface area contributed by atoms with Gasteiger partial charge < -0.3 is 24.8 Å². The number of nitrogens with one attached hydrogen (secondary N) is 1. The standard InChI is InChI=1S/C20H26ClN4O8P/c1-13(18(27)30-2)24-34(29,33-14-6-4-3-5-7-14)31-12-20(11-21)15(26)10-17(32-20)25-9-8-16(22)23-19(25)28/h3-9,13,15,17,26H,10-12H2,1-2H3,(H,24,29)(H2,22,23,28)/t13-,15-,17+,20+,34?/m0/s1. The first-order valence-electron chi connectivity index (χ1n) is 10.2. The predicted molar refractivity (Wildman–Crippen MR) is 122 cm³/mol. The molecule has 1 unspecified atom stereocenters. The third-order valence-corrected chi connectivity index (χ3v) is 7.22. The molecule has 1 saturated heterocycles. The number of benzene rings is 1. The molecule has 0 aliphatic carbocycles. The van der Waals surface area contributed by atoms with Crippen molar-refractivity contribution in [2.24, 2.45) is 0 Å². The number of anilines is 1. The summed E-state index contributed by atoms with van der Waals surface area (Å²) in [6.07, 6.45) is -0.745. The van der Waals surface area contributed by atoms with E-state index in [1.165, 1.54) is 26.3 Å². The van der Waals surface area contributed by atoms with Gasteiger partial charge in [0.2, 0.25) is 0 Å². The molecule has 0 radical (unpaired) electrons. The fourth-order valence-corrected chi connectivity index (χ4v) is 5.14. The lowest BCUT2D eigenvalue weighted by atomic mass is 10.0. The second-order valence-corrected chi connectivity index (χ2v) is 9.58. The highest BCUT2D eigenvalue weighted by atomic mass is 35.5. The maximum absolute atomic E-state index is 13.6. The van der Waals surface area contributed by atoms with E-state index in [0.29, 0.717) is 0 Å². The molecule has 1 aromatic heterocycles. The molecule has 2 heterocycles. The van der Waals surface area contributed by atoms with Gasteiger partial charge in [-0.25, -0.2) is 9.36 Å². The number of rotatable bonds is 10. The molecule has 2 aromatic rings. The van der Waals surface area contributed by atoms with Crippen molar-refractivity contribution in [2.75, 3.05) is 25.3 Å². The van der Waals surface area contributed by atoms with E-state index in [2.05, 4.69) is 14.8 Å². The Morgan fingerprint density at radius 2 is 2.15 bits per heavy atom. The Hall–Kier alpha value is -2.47. The van der Waals surface area contributed by atoms with Gasteiger partial charge in [0.25, 0.3) is 0 Å². The van der Waals surface area contributed by atoms with Crippen LogP contribution >= 0.6 is 19.3 Å². The van der Waals surface area contributed by atoms with Crippen LogP contribution in [0.3, 0.4) is 0 Å². The molecular formula is C20H26ClN4O8P. The van der Waals surface area contributed by atoms with Gasteiger partial charge in [0, 0.05) is 12.6 Å². The number of halogens is 1. The number of esters is 1. The number of nitrogens with two attached hydrogens (primary N) is 1. The Balaban J connectivity index is 1.82. The minimum atomic E-state index is -4.20. The topological polar surface area (TPSA) is 164 Å². The van der Waals surface area contributed by atoms with Crippen molar-refractivity contribution in [1.82, 2.24) is 14.6 Å². The Labute approximate surface area is 200 Å². The number of aliphatic hydroxyl groups is 1. The minimum absolute atomic E-state index is 0.0164. The number of nitrogen functional groups attached to an aromatic ring is 1. The summed E-state index contributed by atoms with van der Waals surface area (Å²) in [4.78, 5) is 27.7. The Morgan fingerprint density at radius 3 is 2.76 bits per heavy atom. The van der Waals surface area contributed by atoms with E-state index >= 15 is 0 Å². The van der Waals surface area contributed by atoms with E-state index in [9.17, 15) is 19.3 Å². The lowest BCUT2D eigenvalue weighted by Gasteiger charge is -2.32. The van der Waals surface area contributed by atoms with Crippen molar-refractivity contribution < 1.29 is 33.0 Å². The van der Waals surface area contributed by atoms with Crippen molar-refractivity contribution in [3.63, 3.8) is 0 Å². The zero-order valence-corrected chi connectivity index (χ0v) is 20.1. The smallest absolute Gasteiger partial charge is 0.459 e. The monoisotopic (exact) mass is 516 g/mol. The Morgan fingerprint density at radius 1 is 1.44 bits per heavy atom. The quantitative estimate of drug-likeness (QED) is 0.238. The molecule has 1 fully saturated rings. The second kappa shape index (κ2) is 10.9. The van der Waals surface area contributed by atoms with Crippen molar-refractivity contribution in [3.8, 4) is 5.75 Å². The van der Waals surface area contributed by atoms with Crippen LogP contribution in [0.5, 0.6) is 5.75 Å². The van der Waals surface area contributed by atoms with Crippen LogP contribution in [-0.4, -0.2) is 58.0 Å². The van der Waals surface area contributed by atoms with Crippen LogP contribution < -0.4 is 21.0 Å². The van der Waals surface area contributed by atoms with Crippen LogP contribution in [0.25, 0.3) is 0 Å². The number of alkyl halides is 1. The molecular weight excluding hydrogens is 491 g/mol. The zero-order valence-electron chi connectivity index (χ0n) is 18.5. The SMILES string of the molecule is COC(=O)[C@H](C)NP(=O)(OC[C@@]1(CCl)O[C@@H](n2ccc(N)nc2=O)C[C@@H]1O)Oc1ccccc1. The second-order valence-electron chi connectivity index (χ2n) is 7.61. The van der Waals surface area contributed by atoms with Crippen molar-refractivity contribution in [3.05, 3.63) is 53.1 Å². The highest BCUT2D eigenvalue weighted by Crippen LogP contribution is 2.48. The largest absolute Gasteiger partial charge is 0.468 e. The average Bonchev–Trinajstić information content (AvgIpc) is 3.14. The molecule has 4 N–H and O–H groups in total. The third-order valence-electron chi connectivity index (χ3n) is 5.15. The first kappa shape index (κ1) is 26.1. The molecule has 186 valence electrons. The minimum Gasteiger partial charge on any atom is -0.468 e. The number of aromatic nitrogens is 2. The highest BCUT2D eigenvalue weighted by Gasteiger charge is 2.50. The third kappa shape index (κ3) is 5.96. The predicted octanol–water partition coefficient (Wildman–Crippen LogP) is 1.44. The highest BCUT2D eigenvalue weighted by molar-refractivity contribution is 7.52. The molecule has 0 saturated carbocycles. The number of aliphatic hydroxyl groups excluding tert-OH is 1. The van der Waals surface area contributed by atoms with Crippen LogP contribution in [-0.2, 0) is 23.4 Å². The van der Waals surface area contributed by atoms with Gasteiger partial charge in [-0.3, -0.25) is 13.9 Å². The van der Waals surface area contributed by atoms with Gasteiger partial charge in [-0.2, -0.15) is 10.1 Å². The Kier molecular flexibility index (Phi) is 8.34. The number of hydrogen-bond donors (Lipinski definition) is 3. The lowest BCUT2D eigenvalue weighted by molar-refractivity contribution is -0.142. The van der Waals surface area contributed by atoms with Gasteiger partial charge in [0.15, 0.2) is 0 Å².